The molecule has 2 aromatic heterocycles. The van der Waals surface area contributed by atoms with Gasteiger partial charge in [0.15, 0.2) is 0 Å². The number of nitrogens with zero attached hydrogens (tertiary/aromatic N) is 10. The average Bonchev–Trinajstić information content (AvgIpc) is 3.29. The summed E-state index contributed by atoms with van der Waals surface area (Å²) in [4.78, 5) is 66.8. The third-order valence-electron chi connectivity index (χ3n) is 10.9. The van der Waals surface area contributed by atoms with Gasteiger partial charge in [-0.25, -0.2) is 19.6 Å². The van der Waals surface area contributed by atoms with E-state index in [1.807, 2.05) is 97.3 Å². The molecule has 300 valence electrons. The van der Waals surface area contributed by atoms with Crippen LogP contribution in [0.25, 0.3) is 12.2 Å². The van der Waals surface area contributed by atoms with E-state index in [4.69, 9.17) is 19.7 Å². The van der Waals surface area contributed by atoms with E-state index in [1.165, 1.54) is 0 Å². The van der Waals surface area contributed by atoms with Crippen LogP contribution in [0.15, 0.2) is 119 Å². The Morgan fingerprint density at radius 1 is 0.569 bits per heavy atom. The number of hydrogen-bond acceptors (Lipinski definition) is 14. The predicted octanol–water partition coefficient (Wildman–Crippen LogP) is 1.16. The molecular weight excluding hydrogens is 733 g/mol. The molecule has 0 saturated carbocycles. The Bertz CT molecular complexity index is 2120. The number of rotatable bonds is 14. The van der Waals surface area contributed by atoms with Gasteiger partial charge in [0.05, 0.1) is 23.8 Å². The zero-order valence-corrected chi connectivity index (χ0v) is 32.7. The lowest BCUT2D eigenvalue weighted by Crippen LogP contribution is -2.50. The molecule has 8 rings (SSSR count). The maximum Gasteiger partial charge on any atom is 0.349 e. The van der Waals surface area contributed by atoms with Crippen LogP contribution in [0.3, 0.4) is 0 Å². The number of aromatic nitrogens is 2. The second kappa shape index (κ2) is 19.1. The lowest BCUT2D eigenvalue weighted by molar-refractivity contribution is -0.199. The summed E-state index contributed by atoms with van der Waals surface area (Å²) in [5, 5.41) is 7.10. The Morgan fingerprint density at radius 2 is 0.983 bits per heavy atom. The van der Waals surface area contributed by atoms with E-state index in [2.05, 4.69) is 41.7 Å². The smallest absolute Gasteiger partial charge is 0.349 e. The van der Waals surface area contributed by atoms with E-state index in [-0.39, 0.29) is 0 Å². The fourth-order valence-corrected chi connectivity index (χ4v) is 7.71. The Labute approximate surface area is 338 Å². The van der Waals surface area contributed by atoms with E-state index in [9.17, 15) is 9.59 Å². The summed E-state index contributed by atoms with van der Waals surface area (Å²) < 4.78 is 0. The van der Waals surface area contributed by atoms with Gasteiger partial charge >= 0.3 is 11.9 Å². The summed E-state index contributed by atoms with van der Waals surface area (Å²) in [7, 11) is 0. The molecule has 14 heteroatoms. The maximum atomic E-state index is 13.4. The van der Waals surface area contributed by atoms with Gasteiger partial charge in [0.25, 0.3) is 0 Å². The molecule has 2 saturated heterocycles. The van der Waals surface area contributed by atoms with Crippen molar-refractivity contribution >= 4 is 35.7 Å². The van der Waals surface area contributed by atoms with Crippen molar-refractivity contribution in [2.75, 3.05) is 88.3 Å². The Morgan fingerprint density at radius 3 is 1.40 bits per heavy atom. The largest absolute Gasteiger partial charge is 0.362 e. The van der Waals surface area contributed by atoms with Crippen LogP contribution in [0.4, 0.5) is 11.6 Å². The monoisotopic (exact) mass is 782 g/mol. The average molecular weight is 783 g/mol. The lowest BCUT2D eigenvalue weighted by atomic mass is 10.2. The van der Waals surface area contributed by atoms with Crippen LogP contribution < -0.4 is 31.0 Å². The van der Waals surface area contributed by atoms with Crippen LogP contribution in [0.5, 0.6) is 0 Å². The van der Waals surface area contributed by atoms with E-state index in [0.29, 0.717) is 39.0 Å². The molecule has 0 amide bonds. The number of carbonyl (C=O) groups excluding carboxylic acids is 2. The number of carbonyl (C=O) groups is 2. The van der Waals surface area contributed by atoms with Crippen LogP contribution in [0.2, 0.25) is 0 Å². The zero-order valence-electron chi connectivity index (χ0n) is 32.7. The Balaban J connectivity index is 0.898. The van der Waals surface area contributed by atoms with Gasteiger partial charge in [-0.2, -0.15) is 0 Å². The standard InChI is InChI=1S/C44H50N10O4/c55-43(57-53(41-17-15-35-9-1-3-11-37(35)47-41)33-27-49-23-29-51(30-24-49)39-13-5-7-21-45-39)19-20-44(56)58-54(42-18-16-36-10-2-4-12-38(36)48-42)34-28-50-25-31-52(32-26-50)40-14-6-8-22-46-40/h1-16,19-22,41-42H,17-18,23-34H2/b20-19+. The normalized spacial score (nSPS) is 19.7. The molecule has 2 atom stereocenters. The minimum Gasteiger partial charge on any atom is -0.362 e. The number of hydrogen-bond donors (Lipinski definition) is 0. The van der Waals surface area contributed by atoms with Crippen molar-refractivity contribution in [3.63, 3.8) is 0 Å². The molecule has 0 spiro atoms. The number of fused-ring (bicyclic) bond motifs is 2. The van der Waals surface area contributed by atoms with Crippen molar-refractivity contribution in [3.05, 3.63) is 131 Å². The topological polar surface area (TPSA) is 123 Å². The van der Waals surface area contributed by atoms with Gasteiger partial charge in [-0.1, -0.05) is 60.7 Å². The molecule has 0 bridgehead atoms. The molecule has 4 aromatic rings. The minimum absolute atomic E-state index is 0.401. The summed E-state index contributed by atoms with van der Waals surface area (Å²) in [6.45, 7) is 9.11. The zero-order chi connectivity index (χ0) is 39.5. The van der Waals surface area contributed by atoms with Crippen molar-refractivity contribution in [2.45, 2.75) is 25.2 Å². The minimum atomic E-state index is -0.673. The molecule has 4 aliphatic rings. The molecule has 2 fully saturated rings. The summed E-state index contributed by atoms with van der Waals surface area (Å²) in [6.07, 6.45) is 10.5. The second-order valence-corrected chi connectivity index (χ2v) is 14.7. The molecular formula is C44H50N10O4. The number of pyridine rings is 2. The van der Waals surface area contributed by atoms with Gasteiger partial charge in [0.2, 0.25) is 0 Å². The third kappa shape index (κ3) is 10.2. The van der Waals surface area contributed by atoms with Crippen molar-refractivity contribution in [2.24, 2.45) is 9.98 Å². The molecule has 0 radical (unpaired) electrons. The molecule has 14 nitrogen and oxygen atoms in total. The summed E-state index contributed by atoms with van der Waals surface area (Å²) in [5.41, 5.74) is 0. The molecule has 6 heterocycles. The number of anilines is 2. The van der Waals surface area contributed by atoms with Crippen LogP contribution in [-0.2, 0) is 19.3 Å². The molecule has 0 N–H and O–H groups in total. The van der Waals surface area contributed by atoms with Crippen LogP contribution >= 0.6 is 0 Å². The van der Waals surface area contributed by atoms with Crippen molar-refractivity contribution in [3.8, 4) is 0 Å². The number of para-hydroxylation sites is 2. The van der Waals surface area contributed by atoms with Gasteiger partial charge in [0, 0.05) is 103 Å². The van der Waals surface area contributed by atoms with E-state index in [1.54, 1.807) is 10.1 Å². The molecule has 0 aliphatic carbocycles. The van der Waals surface area contributed by atoms with Crippen LogP contribution in [-0.4, -0.2) is 133 Å². The highest BCUT2D eigenvalue weighted by Gasteiger charge is 2.27. The fourth-order valence-electron chi connectivity index (χ4n) is 7.71. The van der Waals surface area contributed by atoms with Crippen molar-refractivity contribution < 1.29 is 19.3 Å². The number of piperazine rings is 2. The molecule has 2 unspecified atom stereocenters. The first-order valence-electron chi connectivity index (χ1n) is 20.2. The van der Waals surface area contributed by atoms with E-state index in [0.717, 1.165) is 97.3 Å². The van der Waals surface area contributed by atoms with Gasteiger partial charge < -0.3 is 19.5 Å². The highest BCUT2D eigenvalue weighted by Crippen LogP contribution is 2.16. The summed E-state index contributed by atoms with van der Waals surface area (Å²) in [5.74, 6) is 0.614. The summed E-state index contributed by atoms with van der Waals surface area (Å²) in [6, 6.07) is 27.8. The van der Waals surface area contributed by atoms with Gasteiger partial charge in [0.1, 0.15) is 24.0 Å². The number of benzene rings is 2. The van der Waals surface area contributed by atoms with Crippen molar-refractivity contribution in [1.29, 1.82) is 0 Å². The lowest BCUT2D eigenvalue weighted by Gasteiger charge is -2.36. The molecule has 58 heavy (non-hydrogen) atoms. The quantitative estimate of drug-likeness (QED) is 0.135. The van der Waals surface area contributed by atoms with E-state index >= 15 is 0 Å². The number of hydroxylamine groups is 4. The van der Waals surface area contributed by atoms with Crippen LogP contribution in [0, 0.1) is 0 Å². The van der Waals surface area contributed by atoms with E-state index < -0.39 is 24.3 Å². The second-order valence-electron chi connectivity index (χ2n) is 14.7. The predicted molar refractivity (Wildman–Crippen MR) is 221 cm³/mol. The first-order chi connectivity index (χ1) is 28.5. The third-order valence-corrected chi connectivity index (χ3v) is 10.9. The summed E-state index contributed by atoms with van der Waals surface area (Å²) >= 11 is 0. The maximum absolute atomic E-state index is 13.4. The first-order valence-corrected chi connectivity index (χ1v) is 20.2. The Kier molecular flexibility index (Phi) is 12.9. The van der Waals surface area contributed by atoms with Gasteiger partial charge in [-0.05, 0) is 46.8 Å². The van der Waals surface area contributed by atoms with Gasteiger partial charge in [-0.3, -0.25) is 19.8 Å². The fraction of sp³-hybridized carbons (Fsp3) is 0.364. The van der Waals surface area contributed by atoms with Crippen LogP contribution in [0.1, 0.15) is 12.8 Å². The first kappa shape index (κ1) is 39.0. The SMILES string of the molecule is O=C(/C=C/C(=O)ON(CCN1CCN(c2ccccn2)CC1)C1CC=c2ccccc2=N1)ON(CCN1CCN(c2ccccn2)CC1)C1CC=c2ccccc2=N1. The highest BCUT2D eigenvalue weighted by atomic mass is 16.7. The van der Waals surface area contributed by atoms with Gasteiger partial charge in [-0.15, -0.1) is 10.1 Å². The molecule has 4 aliphatic heterocycles. The van der Waals surface area contributed by atoms with Crippen molar-refractivity contribution in [1.82, 2.24) is 29.9 Å². The highest BCUT2D eigenvalue weighted by molar-refractivity contribution is 5.91. The Hall–Kier alpha value is -5.80. The molecule has 2 aromatic carbocycles.